The van der Waals surface area contributed by atoms with Crippen molar-refractivity contribution in [2.45, 2.75) is 19.1 Å². The number of nitrogens with one attached hydrogen (secondary N) is 1. The maximum absolute atomic E-state index is 12.8. The zero-order valence-electron chi connectivity index (χ0n) is 11.9. The van der Waals surface area contributed by atoms with Crippen LogP contribution in [0.4, 0.5) is 24.9 Å². The Labute approximate surface area is 124 Å². The maximum atomic E-state index is 12.8. The molecule has 0 amide bonds. The van der Waals surface area contributed by atoms with E-state index in [4.69, 9.17) is 5.73 Å². The fraction of sp³-hybridized carbons (Fsp3) is 0.583. The second-order valence-electron chi connectivity index (χ2n) is 5.25. The molecule has 10 heteroatoms. The van der Waals surface area contributed by atoms with Crippen LogP contribution in [-0.4, -0.2) is 63.2 Å². The highest BCUT2D eigenvalue weighted by atomic mass is 19.4. The van der Waals surface area contributed by atoms with Crippen LogP contribution in [0.3, 0.4) is 0 Å². The first-order chi connectivity index (χ1) is 10.4. The number of hydrogen-bond acceptors (Lipinski definition) is 6. The first kappa shape index (κ1) is 14.8. The number of H-pyrrole nitrogens is 1. The van der Waals surface area contributed by atoms with Crippen molar-refractivity contribution in [1.82, 2.24) is 24.8 Å². The molecule has 3 heterocycles. The number of aromatic nitrogens is 4. The van der Waals surface area contributed by atoms with Gasteiger partial charge in [0.15, 0.2) is 11.5 Å². The fourth-order valence-corrected chi connectivity index (χ4v) is 2.59. The van der Waals surface area contributed by atoms with Crippen molar-refractivity contribution >= 4 is 22.9 Å². The molecular formula is C12H16F3N7. The highest BCUT2D eigenvalue weighted by Crippen LogP contribution is 2.27. The zero-order valence-corrected chi connectivity index (χ0v) is 11.9. The first-order valence-electron chi connectivity index (χ1n) is 6.88. The van der Waals surface area contributed by atoms with Crippen LogP contribution in [0.5, 0.6) is 0 Å². The van der Waals surface area contributed by atoms with Crippen LogP contribution >= 0.6 is 0 Å². The monoisotopic (exact) mass is 315 g/mol. The van der Waals surface area contributed by atoms with Crippen LogP contribution in [0.15, 0.2) is 6.33 Å². The summed E-state index contributed by atoms with van der Waals surface area (Å²) in [5.74, 6) is 0.681. The lowest BCUT2D eigenvalue weighted by Crippen LogP contribution is -2.53. The third-order valence-electron chi connectivity index (χ3n) is 3.92. The number of nitrogen functional groups attached to an aromatic ring is 1. The molecule has 0 aromatic carbocycles. The second kappa shape index (κ2) is 5.27. The molecular weight excluding hydrogens is 299 g/mol. The Hall–Kier alpha value is -2.10. The van der Waals surface area contributed by atoms with E-state index < -0.39 is 12.2 Å². The summed E-state index contributed by atoms with van der Waals surface area (Å²) in [7, 11) is 0. The average molecular weight is 315 g/mol. The van der Waals surface area contributed by atoms with Gasteiger partial charge in [0.2, 0.25) is 5.95 Å². The van der Waals surface area contributed by atoms with E-state index in [1.807, 2.05) is 4.90 Å². The largest absolute Gasteiger partial charge is 0.403 e. The van der Waals surface area contributed by atoms with Crippen LogP contribution in [0.2, 0.25) is 0 Å². The van der Waals surface area contributed by atoms with Gasteiger partial charge >= 0.3 is 6.18 Å². The minimum Gasteiger partial charge on any atom is -0.368 e. The summed E-state index contributed by atoms with van der Waals surface area (Å²) in [6.45, 7) is 2.67. The molecule has 1 aliphatic rings. The van der Waals surface area contributed by atoms with E-state index in [9.17, 15) is 13.2 Å². The van der Waals surface area contributed by atoms with Gasteiger partial charge in [-0.25, -0.2) is 4.98 Å². The van der Waals surface area contributed by atoms with E-state index in [0.717, 1.165) is 0 Å². The van der Waals surface area contributed by atoms with Crippen LogP contribution < -0.4 is 10.6 Å². The van der Waals surface area contributed by atoms with Crippen molar-refractivity contribution in [2.24, 2.45) is 0 Å². The van der Waals surface area contributed by atoms with Crippen molar-refractivity contribution in [2.75, 3.05) is 36.8 Å². The van der Waals surface area contributed by atoms with Crippen molar-refractivity contribution < 1.29 is 13.2 Å². The molecule has 22 heavy (non-hydrogen) atoms. The number of rotatable bonds is 2. The number of anilines is 2. The molecule has 7 nitrogen and oxygen atoms in total. The van der Waals surface area contributed by atoms with Gasteiger partial charge in [-0.2, -0.15) is 23.1 Å². The molecule has 0 bridgehead atoms. The smallest absolute Gasteiger partial charge is 0.368 e. The summed E-state index contributed by atoms with van der Waals surface area (Å²) in [5.41, 5.74) is 6.76. The van der Waals surface area contributed by atoms with Crippen molar-refractivity contribution in [3.8, 4) is 0 Å². The summed E-state index contributed by atoms with van der Waals surface area (Å²) in [5, 5.41) is 0. The van der Waals surface area contributed by atoms with E-state index in [2.05, 4.69) is 19.9 Å². The number of aromatic amines is 1. The molecule has 1 saturated heterocycles. The molecule has 0 aliphatic carbocycles. The molecule has 1 fully saturated rings. The minimum absolute atomic E-state index is 0.0979. The Balaban J connectivity index is 1.77. The highest BCUT2D eigenvalue weighted by molar-refractivity contribution is 5.84. The van der Waals surface area contributed by atoms with Crippen molar-refractivity contribution in [3.05, 3.63) is 6.33 Å². The van der Waals surface area contributed by atoms with Gasteiger partial charge in [0.05, 0.1) is 6.33 Å². The van der Waals surface area contributed by atoms with Crippen molar-refractivity contribution in [1.29, 1.82) is 0 Å². The maximum Gasteiger partial charge on any atom is 0.403 e. The Morgan fingerprint density at radius 1 is 1.23 bits per heavy atom. The van der Waals surface area contributed by atoms with Crippen LogP contribution in [0, 0.1) is 0 Å². The highest BCUT2D eigenvalue weighted by Gasteiger charge is 2.41. The minimum atomic E-state index is -4.21. The van der Waals surface area contributed by atoms with Gasteiger partial charge in [-0.1, -0.05) is 0 Å². The molecule has 3 rings (SSSR count). The first-order valence-corrected chi connectivity index (χ1v) is 6.88. The topological polar surface area (TPSA) is 87.0 Å². The van der Waals surface area contributed by atoms with E-state index in [0.29, 0.717) is 43.2 Å². The van der Waals surface area contributed by atoms with Crippen molar-refractivity contribution in [3.63, 3.8) is 0 Å². The number of hydrogen-bond donors (Lipinski definition) is 2. The van der Waals surface area contributed by atoms with Crippen LogP contribution in [0.25, 0.3) is 11.2 Å². The normalized spacial score (nSPS) is 18.8. The summed E-state index contributed by atoms with van der Waals surface area (Å²) < 4.78 is 38.3. The third kappa shape index (κ3) is 2.65. The number of nitrogens with two attached hydrogens (primary N) is 1. The van der Waals surface area contributed by atoms with Gasteiger partial charge in [-0.15, -0.1) is 0 Å². The zero-order chi connectivity index (χ0) is 15.9. The number of halogens is 3. The second-order valence-corrected chi connectivity index (χ2v) is 5.25. The van der Waals surface area contributed by atoms with E-state index in [-0.39, 0.29) is 5.95 Å². The van der Waals surface area contributed by atoms with Gasteiger partial charge in [0.25, 0.3) is 0 Å². The Bertz CT molecular complexity index is 660. The molecule has 1 aliphatic heterocycles. The molecule has 0 spiro atoms. The Morgan fingerprint density at radius 2 is 1.91 bits per heavy atom. The molecule has 2 aromatic heterocycles. The Kier molecular flexibility index (Phi) is 3.55. The molecule has 2 aromatic rings. The predicted molar refractivity (Wildman–Crippen MR) is 75.4 cm³/mol. The van der Waals surface area contributed by atoms with Gasteiger partial charge < -0.3 is 15.6 Å². The number of alkyl halides is 3. The average Bonchev–Trinajstić information content (AvgIpc) is 2.93. The SMILES string of the molecule is CC(N1CCN(c2nc(N)nc3nc[nH]c23)CC1)C(F)(F)F. The van der Waals surface area contributed by atoms with Gasteiger partial charge in [-0.3, -0.25) is 4.90 Å². The molecule has 3 N–H and O–H groups in total. The molecule has 1 atom stereocenters. The third-order valence-corrected chi connectivity index (χ3v) is 3.92. The van der Waals surface area contributed by atoms with Gasteiger partial charge in [-0.05, 0) is 6.92 Å². The Morgan fingerprint density at radius 3 is 2.55 bits per heavy atom. The summed E-state index contributed by atoms with van der Waals surface area (Å²) >= 11 is 0. The summed E-state index contributed by atoms with van der Waals surface area (Å²) in [6, 6.07) is -1.45. The summed E-state index contributed by atoms with van der Waals surface area (Å²) in [4.78, 5) is 18.5. The molecule has 0 radical (unpaired) electrons. The number of fused-ring (bicyclic) bond motifs is 1. The van der Waals surface area contributed by atoms with Gasteiger partial charge in [0, 0.05) is 26.2 Å². The fourth-order valence-electron chi connectivity index (χ4n) is 2.59. The predicted octanol–water partition coefficient (Wildman–Crippen LogP) is 1.01. The standard InChI is InChI=1S/C12H16F3N7/c1-7(12(13,14)15)21-2-4-22(5-3-21)10-8-9(18-6-17-8)19-11(16)20-10/h6-7H,2-5H2,1H3,(H3,16,17,18,19,20). The lowest BCUT2D eigenvalue weighted by Gasteiger charge is -2.39. The molecule has 1 unspecified atom stereocenters. The van der Waals surface area contributed by atoms with Crippen LogP contribution in [0.1, 0.15) is 6.92 Å². The lowest BCUT2D eigenvalue weighted by molar-refractivity contribution is -0.179. The summed E-state index contributed by atoms with van der Waals surface area (Å²) in [6.07, 6.45) is -2.72. The quantitative estimate of drug-likeness (QED) is 0.860. The molecule has 120 valence electrons. The number of piperazine rings is 1. The number of nitrogens with zero attached hydrogens (tertiary/aromatic N) is 5. The van der Waals surface area contributed by atoms with E-state index >= 15 is 0 Å². The lowest BCUT2D eigenvalue weighted by atomic mass is 10.2. The van der Waals surface area contributed by atoms with Crippen LogP contribution in [-0.2, 0) is 0 Å². The van der Waals surface area contributed by atoms with E-state index in [1.165, 1.54) is 18.2 Å². The molecule has 0 saturated carbocycles. The van der Waals surface area contributed by atoms with E-state index in [1.54, 1.807) is 0 Å². The number of imidazole rings is 1. The van der Waals surface area contributed by atoms with Gasteiger partial charge in [0.1, 0.15) is 11.6 Å².